The van der Waals surface area contributed by atoms with Crippen molar-refractivity contribution in [2.24, 2.45) is 0 Å². The molecule has 5 rings (SSSR count). The molecular formula is C37H62N2O29. The van der Waals surface area contributed by atoms with Crippen LogP contribution in [0.3, 0.4) is 0 Å². The zero-order valence-corrected chi connectivity index (χ0v) is 36.2. The van der Waals surface area contributed by atoms with Crippen LogP contribution in [-0.2, 0) is 57.0 Å². The molecule has 0 bridgehead atoms. The monoisotopic (exact) mass is 998 g/mol. The van der Waals surface area contributed by atoms with Crippen molar-refractivity contribution >= 4 is 17.8 Å². The van der Waals surface area contributed by atoms with Gasteiger partial charge in [-0.05, 0) is 0 Å². The van der Waals surface area contributed by atoms with E-state index in [2.05, 4.69) is 10.6 Å². The Bertz CT molecular complexity index is 1660. The molecular weight excluding hydrogens is 936 g/mol. The van der Waals surface area contributed by atoms with E-state index in [1.54, 1.807) is 0 Å². The molecule has 5 heterocycles. The van der Waals surface area contributed by atoms with Crippen LogP contribution < -0.4 is 10.6 Å². The van der Waals surface area contributed by atoms with Crippen molar-refractivity contribution in [1.29, 1.82) is 0 Å². The molecule has 31 nitrogen and oxygen atoms in total. The summed E-state index contributed by atoms with van der Waals surface area (Å²) in [5.41, 5.74) is 0. The second kappa shape index (κ2) is 23.8. The molecule has 0 spiro atoms. The summed E-state index contributed by atoms with van der Waals surface area (Å²) in [5, 5.41) is 184. The molecule has 394 valence electrons. The molecule has 0 saturated carbocycles. The van der Waals surface area contributed by atoms with Gasteiger partial charge in [0.05, 0.1) is 45.2 Å². The van der Waals surface area contributed by atoms with E-state index >= 15 is 0 Å². The molecule has 5 aliphatic heterocycles. The highest BCUT2D eigenvalue weighted by atomic mass is 16.8. The lowest BCUT2D eigenvalue weighted by Gasteiger charge is -2.50. The zero-order valence-electron chi connectivity index (χ0n) is 36.2. The van der Waals surface area contributed by atoms with Crippen molar-refractivity contribution in [3.63, 3.8) is 0 Å². The van der Waals surface area contributed by atoms with Gasteiger partial charge in [-0.3, -0.25) is 9.59 Å². The van der Waals surface area contributed by atoms with Crippen molar-refractivity contribution in [2.45, 2.75) is 179 Å². The summed E-state index contributed by atoms with van der Waals surface area (Å²) in [6.45, 7) is -3.11. The number of carbonyl (C=O) groups is 3. The molecule has 68 heavy (non-hydrogen) atoms. The molecule has 0 radical (unpaired) electrons. The average Bonchev–Trinajstić information content (AvgIpc) is 3.29. The molecule has 19 N–H and O–H groups in total. The Morgan fingerprint density at radius 1 is 0.588 bits per heavy atom. The topological polar surface area (TPSA) is 502 Å². The molecule has 0 unspecified atom stereocenters. The van der Waals surface area contributed by atoms with Gasteiger partial charge in [0, 0.05) is 20.3 Å². The molecule has 5 fully saturated rings. The van der Waals surface area contributed by atoms with Crippen molar-refractivity contribution < 1.29 is 144 Å². The van der Waals surface area contributed by atoms with Crippen molar-refractivity contribution in [3.8, 4) is 0 Å². The maximum absolute atomic E-state index is 12.7. The molecule has 26 atom stereocenters. The lowest BCUT2D eigenvalue weighted by molar-refractivity contribution is -0.381. The van der Waals surface area contributed by atoms with E-state index in [-0.39, 0.29) is 0 Å². The number of amides is 2. The van der Waals surface area contributed by atoms with Crippen LogP contribution >= 0.6 is 0 Å². The third-order valence-corrected chi connectivity index (χ3v) is 12.1. The second-order valence-electron chi connectivity index (χ2n) is 16.9. The normalized spacial score (nSPS) is 46.6. The van der Waals surface area contributed by atoms with Crippen LogP contribution in [-0.4, -0.2) is 297 Å². The summed E-state index contributed by atoms with van der Waals surface area (Å²) in [4.78, 5) is 37.1. The first-order chi connectivity index (χ1) is 31.9. The molecule has 0 aromatic rings. The maximum Gasteiger partial charge on any atom is 0.364 e. The summed E-state index contributed by atoms with van der Waals surface area (Å²) >= 11 is 0. The summed E-state index contributed by atoms with van der Waals surface area (Å²) in [6, 6.07) is -3.37. The Balaban J connectivity index is 1.35. The first-order valence-corrected chi connectivity index (χ1v) is 21.2. The second-order valence-corrected chi connectivity index (χ2v) is 16.9. The number of hydrogen-bond acceptors (Lipinski definition) is 28. The number of nitrogens with one attached hydrogen (secondary N) is 2. The average molecular weight is 999 g/mol. The quantitative estimate of drug-likeness (QED) is 0.0606. The zero-order chi connectivity index (χ0) is 50.7. The van der Waals surface area contributed by atoms with Gasteiger partial charge in [-0.15, -0.1) is 0 Å². The van der Waals surface area contributed by atoms with Gasteiger partial charge in [0.15, 0.2) is 25.2 Å². The van der Waals surface area contributed by atoms with Gasteiger partial charge in [0.25, 0.3) is 5.79 Å². The van der Waals surface area contributed by atoms with Gasteiger partial charge >= 0.3 is 5.97 Å². The van der Waals surface area contributed by atoms with Gasteiger partial charge in [-0.1, -0.05) is 0 Å². The summed E-state index contributed by atoms with van der Waals surface area (Å²) in [5.74, 6) is -6.55. The number of carboxylic acids is 1. The fourth-order valence-electron chi connectivity index (χ4n) is 8.43. The van der Waals surface area contributed by atoms with Crippen LogP contribution in [0.15, 0.2) is 0 Å². The molecule has 2 amide bonds. The molecule has 31 heteroatoms. The van der Waals surface area contributed by atoms with Gasteiger partial charge < -0.3 is 140 Å². The van der Waals surface area contributed by atoms with E-state index in [0.717, 1.165) is 13.8 Å². The summed E-state index contributed by atoms with van der Waals surface area (Å²) in [6.07, 6.45) is -46.1. The van der Waals surface area contributed by atoms with Crippen molar-refractivity contribution in [1.82, 2.24) is 10.6 Å². The third kappa shape index (κ3) is 12.0. The van der Waals surface area contributed by atoms with E-state index < -0.39 is 216 Å². The van der Waals surface area contributed by atoms with Crippen LogP contribution in [0.1, 0.15) is 20.3 Å². The van der Waals surface area contributed by atoms with Gasteiger partial charge in [-0.2, -0.15) is 0 Å². The number of hydrogen-bond donors (Lipinski definition) is 19. The maximum atomic E-state index is 12.7. The smallest absolute Gasteiger partial charge is 0.364 e. The Kier molecular flexibility index (Phi) is 19.7. The van der Waals surface area contributed by atoms with E-state index in [1.807, 2.05) is 0 Å². The highest BCUT2D eigenvalue weighted by molar-refractivity contribution is 5.76. The SMILES string of the molecule is CC(=O)N[C@H]1[C@H](O[C@H]2[C@@H](O)[C@@H](CO)O[C@@H](O[C@H]3[C@H](O)[C@@H](O)[C@H](O)O[C@@H]3CO)[C@@H]2O)O[C@H](CO)[C@@H](O[C@@H]2O[C@H](CO[C@@]3(C(=O)O)C[C@H](O)[C@@H](NC(C)=O)[C@H]([C@@H](O)[C@H](O)CO)O3)[C@H](O)[C@H](O)[C@H]2O)[C@@H]1O. The van der Waals surface area contributed by atoms with Crippen molar-refractivity contribution in [3.05, 3.63) is 0 Å². The van der Waals surface area contributed by atoms with Crippen LogP contribution in [0, 0.1) is 0 Å². The first kappa shape index (κ1) is 56.3. The number of aliphatic hydroxyl groups excluding tert-OH is 16. The van der Waals surface area contributed by atoms with E-state index in [1.165, 1.54) is 0 Å². The van der Waals surface area contributed by atoms with Crippen LogP contribution in [0.4, 0.5) is 0 Å². The van der Waals surface area contributed by atoms with E-state index in [0.29, 0.717) is 0 Å². The first-order valence-electron chi connectivity index (χ1n) is 21.2. The third-order valence-electron chi connectivity index (χ3n) is 12.1. The fourth-order valence-corrected chi connectivity index (χ4v) is 8.43. The predicted octanol–water partition coefficient (Wildman–Crippen LogP) is -12.4. The highest BCUT2D eigenvalue weighted by Crippen LogP contribution is 2.37. The highest BCUT2D eigenvalue weighted by Gasteiger charge is 2.59. The molecule has 0 aliphatic carbocycles. The lowest BCUT2D eigenvalue weighted by Crippen LogP contribution is -2.70. The minimum Gasteiger partial charge on any atom is -0.477 e. The molecule has 0 aromatic heterocycles. The number of aliphatic carboxylic acids is 1. The molecule has 5 aliphatic rings. The van der Waals surface area contributed by atoms with Crippen LogP contribution in [0.2, 0.25) is 0 Å². The minimum absolute atomic E-state index is 0.776. The molecule has 0 aromatic carbocycles. The summed E-state index contributed by atoms with van der Waals surface area (Å²) in [7, 11) is 0. The van der Waals surface area contributed by atoms with Crippen LogP contribution in [0.25, 0.3) is 0 Å². The number of carboxylic acid groups (broad SMARTS) is 1. The van der Waals surface area contributed by atoms with Gasteiger partial charge in [0.2, 0.25) is 11.8 Å². The lowest BCUT2D eigenvalue weighted by atomic mass is 9.88. The number of ether oxygens (including phenoxy) is 9. The summed E-state index contributed by atoms with van der Waals surface area (Å²) < 4.78 is 50.3. The van der Waals surface area contributed by atoms with Gasteiger partial charge in [0.1, 0.15) is 116 Å². The minimum atomic E-state index is -2.96. The Morgan fingerprint density at radius 3 is 1.66 bits per heavy atom. The molecule has 5 saturated heterocycles. The van der Waals surface area contributed by atoms with Crippen molar-refractivity contribution in [2.75, 3.05) is 33.0 Å². The van der Waals surface area contributed by atoms with Crippen LogP contribution in [0.5, 0.6) is 0 Å². The van der Waals surface area contributed by atoms with Gasteiger partial charge in [-0.25, -0.2) is 4.79 Å². The standard InChI is InChI=1S/C37H62N2O29/c1-9(44)38-17-11(46)3-37(36(58)59,68-30(17)19(48)12(47)4-40)60-8-16-20(49)23(52)26(55)34(64-16)65-28-15(7-43)63-33(18(22(28)51)39-10(2)45)67-31-21(50)13(5-41)62-35(27(31)56)66-29-14(6-42)61-32(57)25(54)24(29)53/h11-35,40-43,46-57H,3-8H2,1-2H3,(H,38,44)(H,39,45)(H,58,59)/t11-,12+,13+,14+,15+,16+,17+,18+,19-,20-,21-,22+,23-,24+,25+,26+,27+,28+,29+,30+,31-,32+,33-,34-,35-,37-/m0/s1. The largest absolute Gasteiger partial charge is 0.477 e. The van der Waals surface area contributed by atoms with E-state index in [4.69, 9.17) is 42.6 Å². The number of rotatable bonds is 18. The Labute approximate surface area is 384 Å². The fraction of sp³-hybridized carbons (Fsp3) is 0.919. The predicted molar refractivity (Wildman–Crippen MR) is 207 cm³/mol. The Morgan fingerprint density at radius 2 is 1.10 bits per heavy atom. The number of carbonyl (C=O) groups excluding carboxylic acids is 2. The van der Waals surface area contributed by atoms with E-state index in [9.17, 15) is 101 Å². The Hall–Kier alpha value is -2.59. The number of aliphatic hydroxyl groups is 16.